The zero-order valence-electron chi connectivity index (χ0n) is 19.0. The van der Waals surface area contributed by atoms with Crippen molar-refractivity contribution in [3.63, 3.8) is 0 Å². The molecule has 0 saturated heterocycles. The van der Waals surface area contributed by atoms with Crippen LogP contribution in [0.3, 0.4) is 0 Å². The van der Waals surface area contributed by atoms with Gasteiger partial charge in [0, 0.05) is 12.2 Å². The Bertz CT molecular complexity index is 1270. The van der Waals surface area contributed by atoms with Crippen molar-refractivity contribution in [2.75, 3.05) is 37.0 Å². The van der Waals surface area contributed by atoms with Crippen molar-refractivity contribution in [2.24, 2.45) is 0 Å². The highest BCUT2D eigenvalue weighted by atomic mass is 32.2. The van der Waals surface area contributed by atoms with Crippen LogP contribution in [0.5, 0.6) is 17.2 Å². The summed E-state index contributed by atoms with van der Waals surface area (Å²) in [6, 6.07) is 18.7. The molecule has 1 aliphatic rings. The third-order valence-electron chi connectivity index (χ3n) is 5.51. The number of anilines is 2. The van der Waals surface area contributed by atoms with Crippen LogP contribution in [0.2, 0.25) is 0 Å². The van der Waals surface area contributed by atoms with Crippen LogP contribution < -0.4 is 23.8 Å². The molecule has 1 heterocycles. The summed E-state index contributed by atoms with van der Waals surface area (Å²) in [5, 5.41) is 2.81. The lowest BCUT2D eigenvalue weighted by molar-refractivity contribution is -0.118. The molecule has 0 radical (unpaired) electrons. The lowest BCUT2D eigenvalue weighted by Gasteiger charge is -2.31. The first-order chi connectivity index (χ1) is 16.4. The quantitative estimate of drug-likeness (QED) is 0.524. The molecule has 0 fully saturated rings. The standard InChI is InChI=1S/C25H26N2O6S/c1-31-20-10-12-21(13-11-20)34(29,30)27-15-5-6-18-16-19(9-14-22(18)27)26-25(28)17-33-24-8-4-3-7-23(24)32-2/h3-4,7-14,16H,5-6,15,17H2,1-2H3,(H,26,28). The van der Waals surface area contributed by atoms with E-state index in [1.165, 1.54) is 18.5 Å². The van der Waals surface area contributed by atoms with Crippen LogP contribution >= 0.6 is 0 Å². The number of para-hydroxylation sites is 2. The van der Waals surface area contributed by atoms with Crippen molar-refractivity contribution < 1.29 is 27.4 Å². The van der Waals surface area contributed by atoms with E-state index >= 15 is 0 Å². The molecule has 0 spiro atoms. The molecule has 178 valence electrons. The number of carbonyl (C=O) groups is 1. The molecular formula is C25H26N2O6S. The fourth-order valence-electron chi connectivity index (χ4n) is 3.84. The number of sulfonamides is 1. The van der Waals surface area contributed by atoms with Crippen molar-refractivity contribution in [1.29, 1.82) is 0 Å². The fourth-order valence-corrected chi connectivity index (χ4v) is 5.38. The van der Waals surface area contributed by atoms with Gasteiger partial charge in [0.2, 0.25) is 0 Å². The number of benzene rings is 3. The van der Waals surface area contributed by atoms with E-state index in [9.17, 15) is 13.2 Å². The van der Waals surface area contributed by atoms with Crippen LogP contribution in [0.25, 0.3) is 0 Å². The number of hydrogen-bond acceptors (Lipinski definition) is 6. The Labute approximate surface area is 199 Å². The third kappa shape index (κ3) is 4.94. The first kappa shape index (κ1) is 23.4. The van der Waals surface area contributed by atoms with Gasteiger partial charge in [-0.3, -0.25) is 9.10 Å². The summed E-state index contributed by atoms with van der Waals surface area (Å²) in [5.74, 6) is 1.28. The highest BCUT2D eigenvalue weighted by Crippen LogP contribution is 2.34. The molecule has 3 aromatic rings. The molecule has 0 saturated carbocycles. The Hall–Kier alpha value is -3.72. The number of nitrogens with one attached hydrogen (secondary N) is 1. The van der Waals surface area contributed by atoms with Crippen LogP contribution in [-0.4, -0.2) is 41.7 Å². The maximum atomic E-state index is 13.3. The summed E-state index contributed by atoms with van der Waals surface area (Å²) >= 11 is 0. The predicted molar refractivity (Wildman–Crippen MR) is 129 cm³/mol. The van der Waals surface area contributed by atoms with Crippen LogP contribution in [0.15, 0.2) is 71.6 Å². The van der Waals surface area contributed by atoms with Crippen LogP contribution in [-0.2, 0) is 21.2 Å². The van der Waals surface area contributed by atoms with Gasteiger partial charge in [-0.25, -0.2) is 8.42 Å². The minimum Gasteiger partial charge on any atom is -0.497 e. The second-order valence-corrected chi connectivity index (χ2v) is 9.55. The average molecular weight is 483 g/mol. The van der Waals surface area contributed by atoms with Crippen molar-refractivity contribution in [3.05, 3.63) is 72.3 Å². The summed E-state index contributed by atoms with van der Waals surface area (Å²) < 4.78 is 43.9. The van der Waals surface area contributed by atoms with Crippen LogP contribution in [0.4, 0.5) is 11.4 Å². The molecule has 3 aromatic carbocycles. The third-order valence-corrected chi connectivity index (χ3v) is 7.34. The number of carbonyl (C=O) groups excluding carboxylic acids is 1. The fraction of sp³-hybridized carbons (Fsp3) is 0.240. The van der Waals surface area contributed by atoms with E-state index in [1.54, 1.807) is 54.6 Å². The number of ether oxygens (including phenoxy) is 3. The van der Waals surface area contributed by atoms with Gasteiger partial charge >= 0.3 is 0 Å². The van der Waals surface area contributed by atoms with Gasteiger partial charge in [0.25, 0.3) is 15.9 Å². The van der Waals surface area contributed by atoms with E-state index in [0.29, 0.717) is 48.0 Å². The van der Waals surface area contributed by atoms with Gasteiger partial charge in [0.1, 0.15) is 5.75 Å². The molecule has 0 aromatic heterocycles. The summed E-state index contributed by atoms with van der Waals surface area (Å²) in [6.07, 6.45) is 1.39. The number of hydrogen-bond donors (Lipinski definition) is 1. The van der Waals surface area contributed by atoms with E-state index < -0.39 is 10.0 Å². The second-order valence-electron chi connectivity index (χ2n) is 7.69. The number of methoxy groups -OCH3 is 2. The molecule has 8 nitrogen and oxygen atoms in total. The highest BCUT2D eigenvalue weighted by Gasteiger charge is 2.29. The Morgan fingerprint density at radius 2 is 1.71 bits per heavy atom. The first-order valence-electron chi connectivity index (χ1n) is 10.8. The minimum absolute atomic E-state index is 0.185. The molecule has 0 unspecified atom stereocenters. The summed E-state index contributed by atoms with van der Waals surface area (Å²) in [7, 11) is -0.655. The normalized spacial score (nSPS) is 13.1. The van der Waals surface area contributed by atoms with E-state index in [2.05, 4.69) is 5.32 Å². The Morgan fingerprint density at radius 3 is 2.41 bits per heavy atom. The summed E-state index contributed by atoms with van der Waals surface area (Å²) in [6.45, 7) is 0.204. The van der Waals surface area contributed by atoms with Gasteiger partial charge in [-0.15, -0.1) is 0 Å². The van der Waals surface area contributed by atoms with Crippen molar-refractivity contribution in [2.45, 2.75) is 17.7 Å². The SMILES string of the molecule is COc1ccc(S(=O)(=O)N2CCCc3cc(NC(=O)COc4ccccc4OC)ccc32)cc1. The zero-order valence-corrected chi connectivity index (χ0v) is 19.8. The van der Waals surface area contributed by atoms with Crippen molar-refractivity contribution in [1.82, 2.24) is 0 Å². The Kier molecular flexibility index (Phi) is 6.93. The van der Waals surface area contributed by atoms with Gasteiger partial charge < -0.3 is 19.5 Å². The second kappa shape index (κ2) is 10.0. The van der Waals surface area contributed by atoms with Gasteiger partial charge in [0.05, 0.1) is 24.8 Å². The largest absolute Gasteiger partial charge is 0.497 e. The molecule has 1 N–H and O–H groups in total. The molecule has 34 heavy (non-hydrogen) atoms. The molecule has 0 atom stereocenters. The lowest BCUT2D eigenvalue weighted by Crippen LogP contribution is -2.35. The Balaban J connectivity index is 1.47. The van der Waals surface area contributed by atoms with Gasteiger partial charge in [-0.2, -0.15) is 0 Å². The summed E-state index contributed by atoms with van der Waals surface area (Å²) in [4.78, 5) is 12.6. The average Bonchev–Trinajstić information content (AvgIpc) is 2.87. The monoisotopic (exact) mass is 482 g/mol. The number of fused-ring (bicyclic) bond motifs is 1. The molecule has 0 bridgehead atoms. The number of aryl methyl sites for hydroxylation is 1. The van der Waals surface area contributed by atoms with Crippen molar-refractivity contribution in [3.8, 4) is 17.2 Å². The number of nitrogens with zero attached hydrogens (tertiary/aromatic N) is 1. The van der Waals surface area contributed by atoms with E-state index in [-0.39, 0.29) is 17.4 Å². The molecule has 0 aliphatic carbocycles. The molecule has 9 heteroatoms. The van der Waals surface area contributed by atoms with Gasteiger partial charge in [-0.05, 0) is 73.0 Å². The predicted octanol–water partition coefficient (Wildman–Crippen LogP) is 3.86. The highest BCUT2D eigenvalue weighted by molar-refractivity contribution is 7.92. The topological polar surface area (TPSA) is 94.2 Å². The van der Waals surface area contributed by atoms with Crippen LogP contribution in [0.1, 0.15) is 12.0 Å². The minimum atomic E-state index is -3.72. The molecule has 1 amide bonds. The summed E-state index contributed by atoms with van der Waals surface area (Å²) in [5.41, 5.74) is 2.05. The van der Waals surface area contributed by atoms with E-state index in [1.807, 2.05) is 12.1 Å². The van der Waals surface area contributed by atoms with E-state index in [4.69, 9.17) is 14.2 Å². The van der Waals surface area contributed by atoms with Crippen LogP contribution in [0, 0.1) is 0 Å². The molecule has 4 rings (SSSR count). The van der Waals surface area contributed by atoms with Crippen molar-refractivity contribution >= 4 is 27.3 Å². The smallest absolute Gasteiger partial charge is 0.264 e. The van der Waals surface area contributed by atoms with E-state index in [0.717, 1.165) is 5.56 Å². The van der Waals surface area contributed by atoms with Gasteiger partial charge in [0.15, 0.2) is 18.1 Å². The maximum Gasteiger partial charge on any atom is 0.264 e. The number of amides is 1. The Morgan fingerprint density at radius 1 is 0.971 bits per heavy atom. The lowest BCUT2D eigenvalue weighted by atomic mass is 10.0. The first-order valence-corrected chi connectivity index (χ1v) is 12.2. The molecular weight excluding hydrogens is 456 g/mol. The maximum absolute atomic E-state index is 13.3. The zero-order chi connectivity index (χ0) is 24.1. The van der Waals surface area contributed by atoms with Gasteiger partial charge in [-0.1, -0.05) is 12.1 Å². The molecule has 1 aliphatic heterocycles. The number of rotatable bonds is 8.